The first-order valence-electron chi connectivity index (χ1n) is 7.09. The molecule has 1 saturated heterocycles. The predicted octanol–water partition coefficient (Wildman–Crippen LogP) is 0.817. The Morgan fingerprint density at radius 3 is 2.62 bits per heavy atom. The SMILES string of the molecule is O=C(N[C@@H]1CCCC[C@H]1O)C1CC(=O)N(CC(F)(F)F)C1. The molecule has 21 heavy (non-hydrogen) atoms. The highest BCUT2D eigenvalue weighted by Gasteiger charge is 2.41. The maximum Gasteiger partial charge on any atom is 0.406 e. The first kappa shape index (κ1) is 16.1. The molecule has 2 rings (SSSR count). The average Bonchev–Trinajstić information content (AvgIpc) is 2.72. The van der Waals surface area contributed by atoms with Gasteiger partial charge in [0.1, 0.15) is 6.54 Å². The van der Waals surface area contributed by atoms with Crippen LogP contribution < -0.4 is 5.32 Å². The van der Waals surface area contributed by atoms with E-state index in [0.29, 0.717) is 17.7 Å². The highest BCUT2D eigenvalue weighted by molar-refractivity contribution is 5.89. The van der Waals surface area contributed by atoms with E-state index in [1.807, 2.05) is 0 Å². The van der Waals surface area contributed by atoms with Gasteiger partial charge in [0.05, 0.1) is 18.1 Å². The number of nitrogens with zero attached hydrogens (tertiary/aromatic N) is 1. The largest absolute Gasteiger partial charge is 0.406 e. The van der Waals surface area contributed by atoms with Gasteiger partial charge in [-0.1, -0.05) is 12.8 Å². The second-order valence-corrected chi connectivity index (χ2v) is 5.76. The number of likely N-dealkylation sites (tertiary alicyclic amines) is 1. The molecular formula is C13H19F3N2O3. The number of alkyl halides is 3. The smallest absolute Gasteiger partial charge is 0.391 e. The van der Waals surface area contributed by atoms with Crippen LogP contribution in [-0.4, -0.2) is 53.2 Å². The first-order valence-corrected chi connectivity index (χ1v) is 7.09. The van der Waals surface area contributed by atoms with Crippen LogP contribution in [-0.2, 0) is 9.59 Å². The van der Waals surface area contributed by atoms with Crippen molar-refractivity contribution in [1.82, 2.24) is 10.2 Å². The molecule has 2 fully saturated rings. The lowest BCUT2D eigenvalue weighted by molar-refractivity contribution is -0.157. The zero-order valence-electron chi connectivity index (χ0n) is 11.5. The number of halogens is 3. The Labute approximate surface area is 120 Å². The van der Waals surface area contributed by atoms with Gasteiger partial charge in [0.15, 0.2) is 0 Å². The molecule has 0 aromatic heterocycles. The van der Waals surface area contributed by atoms with Crippen LogP contribution in [0, 0.1) is 5.92 Å². The van der Waals surface area contributed by atoms with Gasteiger partial charge in [-0.15, -0.1) is 0 Å². The van der Waals surface area contributed by atoms with Gasteiger partial charge < -0.3 is 15.3 Å². The van der Waals surface area contributed by atoms with Crippen molar-refractivity contribution in [2.45, 2.75) is 50.4 Å². The second kappa shape index (κ2) is 6.21. The average molecular weight is 308 g/mol. The molecule has 0 bridgehead atoms. The highest BCUT2D eigenvalue weighted by Crippen LogP contribution is 2.25. The summed E-state index contributed by atoms with van der Waals surface area (Å²) in [4.78, 5) is 24.2. The lowest BCUT2D eigenvalue weighted by Gasteiger charge is -2.29. The summed E-state index contributed by atoms with van der Waals surface area (Å²) >= 11 is 0. The van der Waals surface area contributed by atoms with Crippen molar-refractivity contribution < 1.29 is 27.9 Å². The van der Waals surface area contributed by atoms with E-state index in [-0.39, 0.29) is 19.0 Å². The monoisotopic (exact) mass is 308 g/mol. The van der Waals surface area contributed by atoms with Gasteiger partial charge in [-0.25, -0.2) is 0 Å². The molecule has 1 aliphatic carbocycles. The molecule has 0 aromatic carbocycles. The third-order valence-electron chi connectivity index (χ3n) is 4.01. The van der Waals surface area contributed by atoms with Crippen LogP contribution in [0.3, 0.4) is 0 Å². The fraction of sp³-hybridized carbons (Fsp3) is 0.846. The number of amides is 2. The summed E-state index contributed by atoms with van der Waals surface area (Å²) in [7, 11) is 0. The van der Waals surface area contributed by atoms with E-state index in [2.05, 4.69) is 5.32 Å². The number of aliphatic hydroxyl groups is 1. The minimum absolute atomic E-state index is 0.204. The van der Waals surface area contributed by atoms with Crippen LogP contribution in [0.2, 0.25) is 0 Å². The van der Waals surface area contributed by atoms with E-state index in [4.69, 9.17) is 0 Å². The Balaban J connectivity index is 1.88. The van der Waals surface area contributed by atoms with Crippen LogP contribution in [0.25, 0.3) is 0 Å². The van der Waals surface area contributed by atoms with E-state index >= 15 is 0 Å². The molecule has 8 heteroatoms. The quantitative estimate of drug-likeness (QED) is 0.811. The molecule has 2 amide bonds. The normalized spacial score (nSPS) is 30.6. The summed E-state index contributed by atoms with van der Waals surface area (Å²) in [5.41, 5.74) is 0. The fourth-order valence-electron chi connectivity index (χ4n) is 2.90. The fourth-order valence-corrected chi connectivity index (χ4v) is 2.90. The maximum atomic E-state index is 12.3. The molecule has 1 heterocycles. The molecule has 0 aromatic rings. The molecule has 0 spiro atoms. The van der Waals surface area contributed by atoms with Gasteiger partial charge in [0.2, 0.25) is 11.8 Å². The Morgan fingerprint density at radius 2 is 2.00 bits per heavy atom. The van der Waals surface area contributed by atoms with E-state index in [1.54, 1.807) is 0 Å². The van der Waals surface area contributed by atoms with Gasteiger partial charge in [0.25, 0.3) is 0 Å². The molecule has 120 valence electrons. The number of nitrogens with one attached hydrogen (secondary N) is 1. The van der Waals surface area contributed by atoms with Crippen molar-refractivity contribution in [3.05, 3.63) is 0 Å². The number of hydrogen-bond donors (Lipinski definition) is 2. The number of carbonyl (C=O) groups excluding carboxylic acids is 2. The molecule has 2 aliphatic rings. The Hall–Kier alpha value is -1.31. The zero-order valence-corrected chi connectivity index (χ0v) is 11.5. The molecule has 1 unspecified atom stereocenters. The Bertz CT molecular complexity index is 414. The highest BCUT2D eigenvalue weighted by atomic mass is 19.4. The van der Waals surface area contributed by atoms with Gasteiger partial charge in [0, 0.05) is 13.0 Å². The summed E-state index contributed by atoms with van der Waals surface area (Å²) in [6.07, 6.45) is -2.23. The van der Waals surface area contributed by atoms with Crippen LogP contribution in [0.5, 0.6) is 0 Å². The van der Waals surface area contributed by atoms with E-state index < -0.39 is 36.6 Å². The van der Waals surface area contributed by atoms with Crippen molar-refractivity contribution in [2.24, 2.45) is 5.92 Å². The minimum Gasteiger partial charge on any atom is -0.391 e. The second-order valence-electron chi connectivity index (χ2n) is 5.76. The van der Waals surface area contributed by atoms with E-state index in [9.17, 15) is 27.9 Å². The maximum absolute atomic E-state index is 12.3. The lowest BCUT2D eigenvalue weighted by Crippen LogP contribution is -2.47. The molecule has 3 atom stereocenters. The molecule has 2 N–H and O–H groups in total. The van der Waals surface area contributed by atoms with Gasteiger partial charge in [-0.2, -0.15) is 13.2 Å². The summed E-state index contributed by atoms with van der Waals surface area (Å²) in [6.45, 7) is -1.53. The topological polar surface area (TPSA) is 69.6 Å². The number of aliphatic hydroxyl groups excluding tert-OH is 1. The van der Waals surface area contributed by atoms with Gasteiger partial charge >= 0.3 is 6.18 Å². The minimum atomic E-state index is -4.46. The van der Waals surface area contributed by atoms with Gasteiger partial charge in [-0.05, 0) is 12.8 Å². The van der Waals surface area contributed by atoms with Crippen molar-refractivity contribution in [2.75, 3.05) is 13.1 Å². The number of hydrogen-bond acceptors (Lipinski definition) is 3. The van der Waals surface area contributed by atoms with Crippen LogP contribution in [0.1, 0.15) is 32.1 Å². The molecule has 0 radical (unpaired) electrons. The number of carbonyl (C=O) groups is 2. The third-order valence-corrected chi connectivity index (χ3v) is 4.01. The van der Waals surface area contributed by atoms with Crippen molar-refractivity contribution in [3.63, 3.8) is 0 Å². The first-order chi connectivity index (χ1) is 9.76. The van der Waals surface area contributed by atoms with Crippen molar-refractivity contribution in [1.29, 1.82) is 0 Å². The summed E-state index contributed by atoms with van der Waals surface area (Å²) in [5, 5.41) is 12.4. The third kappa shape index (κ3) is 4.33. The predicted molar refractivity (Wildman–Crippen MR) is 67.1 cm³/mol. The lowest BCUT2D eigenvalue weighted by atomic mass is 9.92. The molecular weight excluding hydrogens is 289 g/mol. The van der Waals surface area contributed by atoms with Gasteiger partial charge in [-0.3, -0.25) is 9.59 Å². The molecule has 1 aliphatic heterocycles. The van der Waals surface area contributed by atoms with Crippen molar-refractivity contribution >= 4 is 11.8 Å². The number of rotatable bonds is 3. The summed E-state index contributed by atoms with van der Waals surface area (Å²) < 4.78 is 36.9. The Kier molecular flexibility index (Phi) is 4.75. The molecule has 1 saturated carbocycles. The van der Waals surface area contributed by atoms with Crippen LogP contribution >= 0.6 is 0 Å². The van der Waals surface area contributed by atoms with E-state index in [0.717, 1.165) is 12.8 Å². The van der Waals surface area contributed by atoms with Crippen molar-refractivity contribution in [3.8, 4) is 0 Å². The van der Waals surface area contributed by atoms with E-state index in [1.165, 1.54) is 0 Å². The summed E-state index contributed by atoms with van der Waals surface area (Å²) in [6, 6.07) is -0.363. The standard InChI is InChI=1S/C13H19F3N2O3/c14-13(15,16)7-18-6-8(5-11(18)20)12(21)17-9-3-1-2-4-10(9)19/h8-10,19H,1-7H2,(H,17,21)/t8?,9-,10-/m1/s1. The van der Waals surface area contributed by atoms with Crippen LogP contribution in [0.4, 0.5) is 13.2 Å². The Morgan fingerprint density at radius 1 is 1.33 bits per heavy atom. The zero-order chi connectivity index (χ0) is 15.6. The van der Waals surface area contributed by atoms with Crippen LogP contribution in [0.15, 0.2) is 0 Å². The molecule has 5 nitrogen and oxygen atoms in total. The summed E-state index contributed by atoms with van der Waals surface area (Å²) in [5.74, 6) is -1.87.